The molecule has 1 saturated heterocycles. The highest BCUT2D eigenvalue weighted by atomic mass is 35.5. The van der Waals surface area contributed by atoms with Gasteiger partial charge in [0.25, 0.3) is 0 Å². The molecule has 0 bridgehead atoms. The van der Waals surface area contributed by atoms with Crippen molar-refractivity contribution < 1.29 is 13.2 Å². The molecule has 2 rings (SSSR count). The number of benzene rings is 1. The Labute approximate surface area is 147 Å². The third-order valence-corrected chi connectivity index (χ3v) is 6.54. The average molecular weight is 379 g/mol. The van der Waals surface area contributed by atoms with Crippen molar-refractivity contribution in [3.8, 4) is 0 Å². The van der Waals surface area contributed by atoms with E-state index in [9.17, 15) is 13.2 Å². The molecule has 0 N–H and O–H groups in total. The minimum atomic E-state index is -3.78. The molecule has 1 aromatic rings. The van der Waals surface area contributed by atoms with Gasteiger partial charge < -0.3 is 4.90 Å². The highest BCUT2D eigenvalue weighted by Crippen LogP contribution is 2.32. The molecule has 8 heteroatoms. The zero-order valence-electron chi connectivity index (χ0n) is 13.3. The van der Waals surface area contributed by atoms with Gasteiger partial charge >= 0.3 is 0 Å². The van der Waals surface area contributed by atoms with Gasteiger partial charge in [-0.15, -0.1) is 0 Å². The average Bonchev–Trinajstić information content (AvgIpc) is 2.45. The van der Waals surface area contributed by atoms with Crippen molar-refractivity contribution in [2.45, 2.75) is 25.7 Å². The van der Waals surface area contributed by atoms with Crippen LogP contribution < -0.4 is 0 Å². The first-order valence-electron chi connectivity index (χ1n) is 7.28. The topological polar surface area (TPSA) is 57.7 Å². The fourth-order valence-corrected chi connectivity index (χ4v) is 4.98. The lowest BCUT2D eigenvalue weighted by molar-refractivity contribution is -0.140. The number of piperazine rings is 1. The fraction of sp³-hybridized carbons (Fsp3) is 0.533. The van der Waals surface area contributed by atoms with Crippen LogP contribution in [0.15, 0.2) is 23.1 Å². The van der Waals surface area contributed by atoms with Gasteiger partial charge in [0.1, 0.15) is 4.90 Å². The Kier molecular flexibility index (Phi) is 5.31. The second kappa shape index (κ2) is 6.59. The number of halogens is 2. The summed E-state index contributed by atoms with van der Waals surface area (Å²) in [7, 11) is -3.78. The van der Waals surface area contributed by atoms with E-state index in [1.165, 1.54) is 16.4 Å². The van der Waals surface area contributed by atoms with Gasteiger partial charge in [-0.3, -0.25) is 4.79 Å². The summed E-state index contributed by atoms with van der Waals surface area (Å²) in [6, 6.07) is 4.60. The molecule has 0 aromatic heterocycles. The van der Waals surface area contributed by atoms with Gasteiger partial charge in [-0.25, -0.2) is 8.42 Å². The standard InChI is InChI=1S/C15H20Cl2N2O3S/c1-15(2,3)14(20)18-7-9-19(10-8-18)23(21,22)13-11(16)5-4-6-12(13)17/h4-6H,7-10H2,1-3H3. The van der Waals surface area contributed by atoms with Crippen molar-refractivity contribution in [3.05, 3.63) is 28.2 Å². The van der Waals surface area contributed by atoms with E-state index in [4.69, 9.17) is 23.2 Å². The summed E-state index contributed by atoms with van der Waals surface area (Å²) < 4.78 is 26.8. The first kappa shape index (κ1) is 18.5. The van der Waals surface area contributed by atoms with Crippen LogP contribution in [0.5, 0.6) is 0 Å². The minimum absolute atomic E-state index is 0.0188. The number of sulfonamides is 1. The molecule has 5 nitrogen and oxygen atoms in total. The van der Waals surface area contributed by atoms with Crippen molar-refractivity contribution in [1.29, 1.82) is 0 Å². The van der Waals surface area contributed by atoms with Crippen molar-refractivity contribution in [2.24, 2.45) is 5.41 Å². The predicted molar refractivity (Wildman–Crippen MR) is 91.3 cm³/mol. The van der Waals surface area contributed by atoms with Crippen LogP contribution >= 0.6 is 23.2 Å². The highest BCUT2D eigenvalue weighted by Gasteiger charge is 2.35. The fourth-order valence-electron chi connectivity index (χ4n) is 2.46. The van der Waals surface area contributed by atoms with E-state index in [0.717, 1.165) is 0 Å². The largest absolute Gasteiger partial charge is 0.340 e. The van der Waals surface area contributed by atoms with Crippen LogP contribution in [-0.4, -0.2) is 49.7 Å². The maximum absolute atomic E-state index is 12.8. The third-order valence-electron chi connectivity index (χ3n) is 3.68. The smallest absolute Gasteiger partial charge is 0.246 e. The van der Waals surface area contributed by atoms with Crippen LogP contribution in [0.25, 0.3) is 0 Å². The number of hydrogen-bond acceptors (Lipinski definition) is 3. The molecule has 1 fully saturated rings. The molecule has 1 heterocycles. The van der Waals surface area contributed by atoms with Crippen LogP contribution in [0.4, 0.5) is 0 Å². The van der Waals surface area contributed by atoms with Gasteiger partial charge in [-0.1, -0.05) is 50.0 Å². The molecule has 0 atom stereocenters. The van der Waals surface area contributed by atoms with Crippen molar-refractivity contribution in [2.75, 3.05) is 26.2 Å². The molecule has 1 aromatic carbocycles. The molecule has 0 saturated carbocycles. The van der Waals surface area contributed by atoms with Gasteiger partial charge in [0, 0.05) is 31.6 Å². The Hall–Kier alpha value is -0.820. The second-order valence-corrected chi connectivity index (χ2v) is 9.19. The third kappa shape index (κ3) is 3.82. The quantitative estimate of drug-likeness (QED) is 0.794. The first-order chi connectivity index (χ1) is 10.5. The summed E-state index contributed by atoms with van der Waals surface area (Å²) in [6.45, 7) is 6.72. The summed E-state index contributed by atoms with van der Waals surface area (Å²) in [6.07, 6.45) is 0. The maximum atomic E-state index is 12.8. The van der Waals surface area contributed by atoms with Crippen LogP contribution in [-0.2, 0) is 14.8 Å². The maximum Gasteiger partial charge on any atom is 0.246 e. The van der Waals surface area contributed by atoms with E-state index in [1.54, 1.807) is 11.0 Å². The van der Waals surface area contributed by atoms with E-state index in [0.29, 0.717) is 13.1 Å². The number of carbonyl (C=O) groups is 1. The minimum Gasteiger partial charge on any atom is -0.340 e. The molecule has 0 aliphatic carbocycles. The Morgan fingerprint density at radius 3 is 1.96 bits per heavy atom. The van der Waals surface area contributed by atoms with Crippen LogP contribution in [0.2, 0.25) is 10.0 Å². The lowest BCUT2D eigenvalue weighted by Gasteiger charge is -2.37. The van der Waals surface area contributed by atoms with Crippen molar-refractivity contribution in [3.63, 3.8) is 0 Å². The van der Waals surface area contributed by atoms with E-state index < -0.39 is 15.4 Å². The highest BCUT2D eigenvalue weighted by molar-refractivity contribution is 7.89. The lowest BCUT2D eigenvalue weighted by atomic mass is 9.94. The lowest BCUT2D eigenvalue weighted by Crippen LogP contribution is -2.53. The Morgan fingerprint density at radius 1 is 1.04 bits per heavy atom. The number of amides is 1. The molecule has 0 unspecified atom stereocenters. The summed E-state index contributed by atoms with van der Waals surface area (Å²) in [5.74, 6) is 0.0188. The Balaban J connectivity index is 2.18. The number of nitrogens with zero attached hydrogens (tertiary/aromatic N) is 2. The van der Waals surface area contributed by atoms with E-state index >= 15 is 0 Å². The molecule has 0 spiro atoms. The van der Waals surface area contributed by atoms with Crippen LogP contribution in [0, 0.1) is 5.41 Å². The zero-order chi connectivity index (χ0) is 17.4. The zero-order valence-corrected chi connectivity index (χ0v) is 15.7. The summed E-state index contributed by atoms with van der Waals surface area (Å²) >= 11 is 12.0. The van der Waals surface area contributed by atoms with E-state index in [2.05, 4.69) is 0 Å². The Bertz CT molecular complexity index is 686. The van der Waals surface area contributed by atoms with Gasteiger partial charge in [-0.2, -0.15) is 4.31 Å². The van der Waals surface area contributed by atoms with E-state index in [-0.39, 0.29) is 33.9 Å². The molecule has 1 amide bonds. The molecule has 128 valence electrons. The van der Waals surface area contributed by atoms with Crippen molar-refractivity contribution >= 4 is 39.1 Å². The summed E-state index contributed by atoms with van der Waals surface area (Å²) in [5.41, 5.74) is -0.479. The molecule has 1 aliphatic heterocycles. The van der Waals surface area contributed by atoms with Crippen LogP contribution in [0.1, 0.15) is 20.8 Å². The molecular formula is C15H20Cl2N2O3S. The molecule has 0 radical (unpaired) electrons. The van der Waals surface area contributed by atoms with Gasteiger partial charge in [0.15, 0.2) is 0 Å². The number of carbonyl (C=O) groups excluding carboxylic acids is 1. The normalized spacial score (nSPS) is 17.3. The van der Waals surface area contributed by atoms with Gasteiger partial charge in [-0.05, 0) is 12.1 Å². The number of rotatable bonds is 2. The summed E-state index contributed by atoms with van der Waals surface area (Å²) in [5, 5.41) is 0.205. The SMILES string of the molecule is CC(C)(C)C(=O)N1CCN(S(=O)(=O)c2c(Cl)cccc2Cl)CC1. The molecule has 23 heavy (non-hydrogen) atoms. The summed E-state index contributed by atoms with van der Waals surface area (Å²) in [4.78, 5) is 13.9. The monoisotopic (exact) mass is 378 g/mol. The molecule has 1 aliphatic rings. The van der Waals surface area contributed by atoms with Crippen LogP contribution in [0.3, 0.4) is 0 Å². The second-order valence-electron chi connectivity index (χ2n) is 6.50. The first-order valence-corrected chi connectivity index (χ1v) is 9.48. The predicted octanol–water partition coefficient (Wildman–Crippen LogP) is 2.87. The van der Waals surface area contributed by atoms with Crippen molar-refractivity contribution in [1.82, 2.24) is 9.21 Å². The number of hydrogen-bond donors (Lipinski definition) is 0. The Morgan fingerprint density at radius 2 is 1.52 bits per heavy atom. The van der Waals surface area contributed by atoms with Gasteiger partial charge in [0.05, 0.1) is 10.0 Å². The van der Waals surface area contributed by atoms with Gasteiger partial charge in [0.2, 0.25) is 15.9 Å². The van der Waals surface area contributed by atoms with E-state index in [1.807, 2.05) is 20.8 Å². The molecular weight excluding hydrogens is 359 g/mol.